The standard InChI is InChI=1S/C12H16N2O4S/c1-2-3-14(11(15)10-4-13-7-19-10)9-6-18-5-8(9)12(16)17/h4,7-9H,2-3,5-6H2,1H3,(H,16,17). The summed E-state index contributed by atoms with van der Waals surface area (Å²) in [5, 5.41) is 9.19. The fourth-order valence-electron chi connectivity index (χ4n) is 2.21. The Bertz CT molecular complexity index is 449. The lowest BCUT2D eigenvalue weighted by Crippen LogP contribution is -2.46. The van der Waals surface area contributed by atoms with E-state index < -0.39 is 17.9 Å². The Kier molecular flexibility index (Phi) is 4.49. The Morgan fingerprint density at radius 3 is 2.95 bits per heavy atom. The van der Waals surface area contributed by atoms with Gasteiger partial charge in [-0.1, -0.05) is 6.92 Å². The molecule has 2 unspecified atom stereocenters. The van der Waals surface area contributed by atoms with E-state index in [9.17, 15) is 14.7 Å². The minimum absolute atomic E-state index is 0.161. The second-order valence-corrected chi connectivity index (χ2v) is 5.30. The van der Waals surface area contributed by atoms with E-state index in [1.54, 1.807) is 10.4 Å². The number of hydrogen-bond acceptors (Lipinski definition) is 5. The van der Waals surface area contributed by atoms with Crippen LogP contribution in [0.25, 0.3) is 0 Å². The number of carbonyl (C=O) groups is 2. The van der Waals surface area contributed by atoms with Gasteiger partial charge in [-0.2, -0.15) is 0 Å². The van der Waals surface area contributed by atoms with Gasteiger partial charge in [0.25, 0.3) is 5.91 Å². The Morgan fingerprint density at radius 1 is 1.58 bits per heavy atom. The average Bonchev–Trinajstić information content (AvgIpc) is 3.05. The van der Waals surface area contributed by atoms with Crippen molar-refractivity contribution in [3.63, 3.8) is 0 Å². The first-order chi connectivity index (χ1) is 9.15. The number of amides is 1. The van der Waals surface area contributed by atoms with Crippen LogP contribution in [-0.2, 0) is 9.53 Å². The largest absolute Gasteiger partial charge is 0.481 e. The molecule has 0 radical (unpaired) electrons. The highest BCUT2D eigenvalue weighted by Crippen LogP contribution is 2.23. The molecule has 1 saturated heterocycles. The minimum Gasteiger partial charge on any atom is -0.481 e. The van der Waals surface area contributed by atoms with Crippen molar-refractivity contribution in [2.45, 2.75) is 19.4 Å². The third kappa shape index (κ3) is 2.93. The maximum atomic E-state index is 12.4. The average molecular weight is 284 g/mol. The lowest BCUT2D eigenvalue weighted by atomic mass is 10.0. The number of aliphatic carboxylic acids is 1. The van der Waals surface area contributed by atoms with Crippen LogP contribution < -0.4 is 0 Å². The van der Waals surface area contributed by atoms with E-state index in [1.807, 2.05) is 6.92 Å². The van der Waals surface area contributed by atoms with Crippen LogP contribution >= 0.6 is 11.3 Å². The SMILES string of the molecule is CCCN(C(=O)c1cncs1)C1COCC1C(=O)O. The van der Waals surface area contributed by atoms with E-state index in [0.717, 1.165) is 6.42 Å². The molecule has 1 amide bonds. The summed E-state index contributed by atoms with van der Waals surface area (Å²) in [6.07, 6.45) is 2.29. The molecular formula is C12H16N2O4S. The Labute approximate surface area is 115 Å². The third-order valence-corrected chi connectivity index (χ3v) is 3.90. The fourth-order valence-corrected chi connectivity index (χ4v) is 2.78. The van der Waals surface area contributed by atoms with Crippen molar-refractivity contribution in [1.29, 1.82) is 0 Å². The number of carboxylic acid groups (broad SMARTS) is 1. The molecule has 1 N–H and O–H groups in total. The van der Waals surface area contributed by atoms with Crippen LogP contribution in [0.5, 0.6) is 0 Å². The van der Waals surface area contributed by atoms with Gasteiger partial charge in [0.1, 0.15) is 10.8 Å². The molecule has 19 heavy (non-hydrogen) atoms. The number of carbonyl (C=O) groups excluding carboxylic acids is 1. The van der Waals surface area contributed by atoms with Crippen molar-refractivity contribution in [3.8, 4) is 0 Å². The summed E-state index contributed by atoms with van der Waals surface area (Å²) in [4.78, 5) is 29.6. The number of hydrogen-bond donors (Lipinski definition) is 1. The summed E-state index contributed by atoms with van der Waals surface area (Å²) in [7, 11) is 0. The normalized spacial score (nSPS) is 22.4. The summed E-state index contributed by atoms with van der Waals surface area (Å²) in [5.41, 5.74) is 1.59. The number of ether oxygens (including phenoxy) is 1. The summed E-state index contributed by atoms with van der Waals surface area (Å²) < 4.78 is 5.24. The summed E-state index contributed by atoms with van der Waals surface area (Å²) in [6.45, 7) is 2.92. The van der Waals surface area contributed by atoms with E-state index in [0.29, 0.717) is 11.4 Å². The highest BCUT2D eigenvalue weighted by Gasteiger charge is 2.40. The molecule has 0 bridgehead atoms. The molecule has 6 nitrogen and oxygen atoms in total. The van der Waals surface area contributed by atoms with Crippen LogP contribution in [0.15, 0.2) is 11.7 Å². The molecule has 0 aromatic carbocycles. The van der Waals surface area contributed by atoms with Gasteiger partial charge in [-0.3, -0.25) is 14.6 Å². The van der Waals surface area contributed by atoms with E-state index >= 15 is 0 Å². The number of rotatable bonds is 5. The zero-order valence-corrected chi connectivity index (χ0v) is 11.4. The molecule has 1 aliphatic heterocycles. The highest BCUT2D eigenvalue weighted by molar-refractivity contribution is 7.11. The molecule has 0 saturated carbocycles. The van der Waals surface area contributed by atoms with Crippen LogP contribution in [0.1, 0.15) is 23.0 Å². The Morgan fingerprint density at radius 2 is 2.37 bits per heavy atom. The first kappa shape index (κ1) is 14.0. The lowest BCUT2D eigenvalue weighted by Gasteiger charge is -2.29. The molecule has 2 rings (SSSR count). The van der Waals surface area contributed by atoms with Crippen molar-refractivity contribution in [2.24, 2.45) is 5.92 Å². The molecule has 2 heterocycles. The molecule has 1 aromatic heterocycles. The van der Waals surface area contributed by atoms with Gasteiger partial charge in [-0.15, -0.1) is 11.3 Å². The van der Waals surface area contributed by atoms with Gasteiger partial charge in [0, 0.05) is 6.54 Å². The summed E-state index contributed by atoms with van der Waals surface area (Å²) >= 11 is 1.26. The van der Waals surface area contributed by atoms with Crippen molar-refractivity contribution >= 4 is 23.2 Å². The highest BCUT2D eigenvalue weighted by atomic mass is 32.1. The van der Waals surface area contributed by atoms with Gasteiger partial charge in [-0.25, -0.2) is 0 Å². The van der Waals surface area contributed by atoms with Crippen LogP contribution in [0.4, 0.5) is 0 Å². The first-order valence-electron chi connectivity index (χ1n) is 6.15. The van der Waals surface area contributed by atoms with E-state index in [1.165, 1.54) is 17.5 Å². The molecule has 2 atom stereocenters. The molecule has 0 spiro atoms. The van der Waals surface area contributed by atoms with Gasteiger partial charge in [0.2, 0.25) is 0 Å². The van der Waals surface area contributed by atoms with Gasteiger partial charge in [0.05, 0.1) is 31.0 Å². The molecule has 1 aliphatic rings. The number of aromatic nitrogens is 1. The lowest BCUT2D eigenvalue weighted by molar-refractivity contribution is -0.142. The van der Waals surface area contributed by atoms with Crippen molar-refractivity contribution in [1.82, 2.24) is 9.88 Å². The zero-order chi connectivity index (χ0) is 13.8. The molecule has 7 heteroatoms. The molecule has 1 fully saturated rings. The quantitative estimate of drug-likeness (QED) is 0.875. The topological polar surface area (TPSA) is 79.7 Å². The number of thiazole rings is 1. The minimum atomic E-state index is -0.916. The second-order valence-electron chi connectivity index (χ2n) is 4.41. The van der Waals surface area contributed by atoms with Crippen molar-refractivity contribution < 1.29 is 19.4 Å². The molecule has 104 valence electrons. The van der Waals surface area contributed by atoms with Crippen molar-refractivity contribution in [2.75, 3.05) is 19.8 Å². The van der Waals surface area contributed by atoms with Gasteiger partial charge >= 0.3 is 5.97 Å². The van der Waals surface area contributed by atoms with Crippen LogP contribution in [0.3, 0.4) is 0 Å². The van der Waals surface area contributed by atoms with Crippen LogP contribution in [0, 0.1) is 5.92 Å². The number of carboxylic acids is 1. The van der Waals surface area contributed by atoms with Gasteiger partial charge < -0.3 is 14.7 Å². The van der Waals surface area contributed by atoms with Crippen molar-refractivity contribution in [3.05, 3.63) is 16.6 Å². The van der Waals surface area contributed by atoms with E-state index in [4.69, 9.17) is 4.74 Å². The fraction of sp³-hybridized carbons (Fsp3) is 0.583. The van der Waals surface area contributed by atoms with Gasteiger partial charge in [-0.05, 0) is 6.42 Å². The monoisotopic (exact) mass is 284 g/mol. The van der Waals surface area contributed by atoms with E-state index in [-0.39, 0.29) is 19.1 Å². The smallest absolute Gasteiger partial charge is 0.311 e. The maximum absolute atomic E-state index is 12.4. The zero-order valence-electron chi connectivity index (χ0n) is 10.6. The summed E-state index contributed by atoms with van der Waals surface area (Å²) in [6, 6.07) is -0.396. The first-order valence-corrected chi connectivity index (χ1v) is 7.03. The molecular weight excluding hydrogens is 268 g/mol. The second kappa shape index (κ2) is 6.12. The Hall–Kier alpha value is -1.47. The van der Waals surface area contributed by atoms with Crippen LogP contribution in [0.2, 0.25) is 0 Å². The van der Waals surface area contributed by atoms with Gasteiger partial charge in [0.15, 0.2) is 0 Å². The van der Waals surface area contributed by atoms with Crippen LogP contribution in [-0.4, -0.2) is 52.7 Å². The Balaban J connectivity index is 2.20. The maximum Gasteiger partial charge on any atom is 0.311 e. The molecule has 1 aromatic rings. The van der Waals surface area contributed by atoms with E-state index in [2.05, 4.69) is 4.98 Å². The third-order valence-electron chi connectivity index (χ3n) is 3.14. The predicted molar refractivity (Wildman–Crippen MR) is 69.2 cm³/mol. The molecule has 0 aliphatic carbocycles. The number of nitrogens with zero attached hydrogens (tertiary/aromatic N) is 2. The predicted octanol–water partition coefficient (Wildman–Crippen LogP) is 1.09. The summed E-state index contributed by atoms with van der Waals surface area (Å²) in [5.74, 6) is -1.73.